The smallest absolute Gasteiger partial charge is 0.227 e. The van der Waals surface area contributed by atoms with Crippen LogP contribution in [0.15, 0.2) is 34.9 Å². The molecule has 3 rings (SSSR count). The standard InChI is InChI=1S/C17H23N3O2/c21-13-15-9-4-5-11-20(15)12-6-10-16-18-17(19-22-16)14-7-2-1-3-8-14/h1-3,7-8,15,21H,4-6,9-13H2. The Hall–Kier alpha value is -1.72. The monoisotopic (exact) mass is 301 g/mol. The largest absolute Gasteiger partial charge is 0.395 e. The average molecular weight is 301 g/mol. The first-order valence-corrected chi connectivity index (χ1v) is 8.10. The van der Waals surface area contributed by atoms with Gasteiger partial charge in [-0.2, -0.15) is 4.98 Å². The highest BCUT2D eigenvalue weighted by atomic mass is 16.5. The maximum absolute atomic E-state index is 9.42. The van der Waals surface area contributed by atoms with E-state index in [9.17, 15) is 5.11 Å². The van der Waals surface area contributed by atoms with Crippen molar-refractivity contribution in [2.45, 2.75) is 38.1 Å². The Morgan fingerprint density at radius 1 is 1.23 bits per heavy atom. The lowest BCUT2D eigenvalue weighted by atomic mass is 10.0. The number of hydrogen-bond donors (Lipinski definition) is 1. The Morgan fingerprint density at radius 3 is 2.91 bits per heavy atom. The number of aryl methyl sites for hydroxylation is 1. The van der Waals surface area contributed by atoms with Crippen LogP contribution in [0.3, 0.4) is 0 Å². The van der Waals surface area contributed by atoms with Crippen LogP contribution in [0.5, 0.6) is 0 Å². The van der Waals surface area contributed by atoms with E-state index in [1.807, 2.05) is 30.3 Å². The van der Waals surface area contributed by atoms with Gasteiger partial charge in [0.2, 0.25) is 11.7 Å². The fourth-order valence-electron chi connectivity index (χ4n) is 3.06. The second-order valence-corrected chi connectivity index (χ2v) is 5.85. The van der Waals surface area contributed by atoms with Gasteiger partial charge >= 0.3 is 0 Å². The molecule has 2 heterocycles. The SMILES string of the molecule is OCC1CCCCN1CCCc1nc(-c2ccccc2)no1. The molecule has 2 aromatic rings. The Labute approximate surface area is 131 Å². The molecule has 1 unspecified atom stereocenters. The van der Waals surface area contributed by atoms with E-state index in [2.05, 4.69) is 15.0 Å². The van der Waals surface area contributed by atoms with Crippen LogP contribution in [0.2, 0.25) is 0 Å². The number of rotatable bonds is 6. The summed E-state index contributed by atoms with van der Waals surface area (Å²) in [6.45, 7) is 2.33. The summed E-state index contributed by atoms with van der Waals surface area (Å²) in [5, 5.41) is 13.5. The Kier molecular flexibility index (Phi) is 5.19. The van der Waals surface area contributed by atoms with Crippen molar-refractivity contribution in [3.8, 4) is 11.4 Å². The van der Waals surface area contributed by atoms with Gasteiger partial charge in [-0.05, 0) is 32.4 Å². The zero-order valence-corrected chi connectivity index (χ0v) is 12.8. The minimum Gasteiger partial charge on any atom is -0.395 e. The van der Waals surface area contributed by atoms with Crippen molar-refractivity contribution in [3.05, 3.63) is 36.2 Å². The maximum Gasteiger partial charge on any atom is 0.227 e. The number of aromatic nitrogens is 2. The molecule has 1 aliphatic heterocycles. The number of hydrogen-bond acceptors (Lipinski definition) is 5. The molecule has 0 saturated carbocycles. The molecule has 0 spiro atoms. The molecular weight excluding hydrogens is 278 g/mol. The van der Waals surface area contributed by atoms with Crippen LogP contribution in [0.4, 0.5) is 0 Å². The summed E-state index contributed by atoms with van der Waals surface area (Å²) in [7, 11) is 0. The molecule has 5 nitrogen and oxygen atoms in total. The van der Waals surface area contributed by atoms with E-state index in [-0.39, 0.29) is 6.61 Å². The highest BCUT2D eigenvalue weighted by Crippen LogP contribution is 2.18. The third kappa shape index (κ3) is 3.72. The lowest BCUT2D eigenvalue weighted by Gasteiger charge is -2.34. The first-order chi connectivity index (χ1) is 10.9. The van der Waals surface area contributed by atoms with Crippen LogP contribution in [-0.4, -0.2) is 45.9 Å². The van der Waals surface area contributed by atoms with Gasteiger partial charge in [0.1, 0.15) is 0 Å². The van der Waals surface area contributed by atoms with Crippen molar-refractivity contribution in [1.29, 1.82) is 0 Å². The number of piperidine rings is 1. The highest BCUT2D eigenvalue weighted by molar-refractivity contribution is 5.53. The Bertz CT molecular complexity index is 570. The van der Waals surface area contributed by atoms with E-state index in [4.69, 9.17) is 4.52 Å². The molecule has 1 aliphatic rings. The molecule has 118 valence electrons. The van der Waals surface area contributed by atoms with E-state index in [0.717, 1.165) is 37.9 Å². The number of likely N-dealkylation sites (tertiary alicyclic amines) is 1. The summed E-state index contributed by atoms with van der Waals surface area (Å²) in [4.78, 5) is 6.84. The lowest BCUT2D eigenvalue weighted by molar-refractivity contribution is 0.0888. The van der Waals surface area contributed by atoms with Crippen molar-refractivity contribution >= 4 is 0 Å². The number of aliphatic hydroxyl groups excluding tert-OH is 1. The van der Waals surface area contributed by atoms with Crippen molar-refractivity contribution in [3.63, 3.8) is 0 Å². The van der Waals surface area contributed by atoms with Gasteiger partial charge in [0, 0.05) is 18.0 Å². The van der Waals surface area contributed by atoms with Gasteiger partial charge in [-0.3, -0.25) is 4.90 Å². The molecule has 0 amide bonds. The molecule has 1 aromatic heterocycles. The minimum absolute atomic E-state index is 0.263. The van der Waals surface area contributed by atoms with Crippen LogP contribution < -0.4 is 0 Å². The molecule has 0 bridgehead atoms. The fraction of sp³-hybridized carbons (Fsp3) is 0.529. The van der Waals surface area contributed by atoms with Gasteiger partial charge in [-0.1, -0.05) is 41.9 Å². The molecule has 5 heteroatoms. The van der Waals surface area contributed by atoms with Crippen LogP contribution in [0.25, 0.3) is 11.4 Å². The second-order valence-electron chi connectivity index (χ2n) is 5.85. The molecule has 1 saturated heterocycles. The third-order valence-corrected chi connectivity index (χ3v) is 4.30. The van der Waals surface area contributed by atoms with Gasteiger partial charge in [-0.15, -0.1) is 0 Å². The topological polar surface area (TPSA) is 62.4 Å². The van der Waals surface area contributed by atoms with Crippen molar-refractivity contribution < 1.29 is 9.63 Å². The molecule has 1 N–H and O–H groups in total. The first-order valence-electron chi connectivity index (χ1n) is 8.10. The summed E-state index contributed by atoms with van der Waals surface area (Å²) >= 11 is 0. The van der Waals surface area contributed by atoms with Gasteiger partial charge < -0.3 is 9.63 Å². The number of nitrogens with zero attached hydrogens (tertiary/aromatic N) is 3. The highest BCUT2D eigenvalue weighted by Gasteiger charge is 2.21. The zero-order valence-electron chi connectivity index (χ0n) is 12.8. The van der Waals surface area contributed by atoms with Gasteiger partial charge in [-0.25, -0.2) is 0 Å². The first kappa shape index (κ1) is 15.2. The maximum atomic E-state index is 9.42. The molecule has 1 aromatic carbocycles. The predicted octanol–water partition coefficient (Wildman–Crippen LogP) is 2.52. The summed E-state index contributed by atoms with van der Waals surface area (Å²) in [5.41, 5.74) is 0.980. The van der Waals surface area contributed by atoms with Crippen LogP contribution in [0, 0.1) is 0 Å². The molecule has 0 aliphatic carbocycles. The third-order valence-electron chi connectivity index (χ3n) is 4.30. The Balaban J connectivity index is 1.51. The normalized spacial score (nSPS) is 19.4. The van der Waals surface area contributed by atoms with Crippen LogP contribution in [0.1, 0.15) is 31.6 Å². The molecule has 0 radical (unpaired) electrons. The fourth-order valence-corrected chi connectivity index (χ4v) is 3.06. The van der Waals surface area contributed by atoms with E-state index in [1.54, 1.807) is 0 Å². The molecular formula is C17H23N3O2. The summed E-state index contributed by atoms with van der Waals surface area (Å²) in [5.74, 6) is 1.35. The lowest BCUT2D eigenvalue weighted by Crippen LogP contribution is -2.42. The van der Waals surface area contributed by atoms with Gasteiger partial charge in [0.25, 0.3) is 0 Å². The average Bonchev–Trinajstić information content (AvgIpc) is 3.05. The van der Waals surface area contributed by atoms with Crippen LogP contribution in [-0.2, 0) is 6.42 Å². The summed E-state index contributed by atoms with van der Waals surface area (Å²) < 4.78 is 5.33. The zero-order chi connectivity index (χ0) is 15.2. The van der Waals surface area contributed by atoms with Gasteiger partial charge in [0.15, 0.2) is 0 Å². The van der Waals surface area contributed by atoms with E-state index >= 15 is 0 Å². The van der Waals surface area contributed by atoms with E-state index in [0.29, 0.717) is 17.8 Å². The summed E-state index contributed by atoms with van der Waals surface area (Å²) in [6, 6.07) is 10.2. The predicted molar refractivity (Wildman–Crippen MR) is 84.4 cm³/mol. The number of aliphatic hydroxyl groups is 1. The second kappa shape index (κ2) is 7.51. The van der Waals surface area contributed by atoms with Crippen molar-refractivity contribution in [2.24, 2.45) is 0 Å². The van der Waals surface area contributed by atoms with E-state index in [1.165, 1.54) is 12.8 Å². The quantitative estimate of drug-likeness (QED) is 0.888. The number of benzene rings is 1. The van der Waals surface area contributed by atoms with Crippen LogP contribution >= 0.6 is 0 Å². The minimum atomic E-state index is 0.263. The molecule has 1 fully saturated rings. The summed E-state index contributed by atoms with van der Waals surface area (Å²) in [6.07, 6.45) is 5.33. The molecule has 22 heavy (non-hydrogen) atoms. The molecule has 1 atom stereocenters. The van der Waals surface area contributed by atoms with Gasteiger partial charge in [0.05, 0.1) is 6.61 Å². The van der Waals surface area contributed by atoms with Crippen molar-refractivity contribution in [2.75, 3.05) is 19.7 Å². The van der Waals surface area contributed by atoms with Crippen molar-refractivity contribution in [1.82, 2.24) is 15.0 Å². The van der Waals surface area contributed by atoms with E-state index < -0.39 is 0 Å². The Morgan fingerprint density at radius 2 is 2.09 bits per heavy atom.